The molecule has 1 unspecified atom stereocenters. The molecule has 0 aliphatic carbocycles. The van der Waals surface area contributed by atoms with E-state index in [2.05, 4.69) is 37.2 Å². The number of carbonyl (C=O) groups is 2. The van der Waals surface area contributed by atoms with Gasteiger partial charge in [-0.3, -0.25) is 0 Å². The standard InChI is InChI=1S/C24H19Br2NO6/c1-2-31-24(30)19-9-14(22(28)32-12-13-6-4-3-5-7-13)8-17-20(27-19)16-10-15(25)11-18(26)21(16)33-23(17)29/h3-8,10-11,19,27H,2,9,12H2,1H3. The molecule has 1 aromatic heterocycles. The summed E-state index contributed by atoms with van der Waals surface area (Å²) >= 11 is 6.84. The first kappa shape index (κ1) is 23.3. The third kappa shape index (κ3) is 5.04. The number of rotatable bonds is 5. The fraction of sp³-hybridized carbons (Fsp3) is 0.208. The zero-order valence-electron chi connectivity index (χ0n) is 17.5. The highest BCUT2D eigenvalue weighted by Gasteiger charge is 2.31. The van der Waals surface area contributed by atoms with Crippen LogP contribution in [0.15, 0.2) is 66.2 Å². The van der Waals surface area contributed by atoms with Crippen LogP contribution in [0.25, 0.3) is 17.0 Å². The smallest absolute Gasteiger partial charge is 0.345 e. The Hall–Kier alpha value is -2.91. The number of esters is 2. The molecule has 1 N–H and O–H groups in total. The minimum Gasteiger partial charge on any atom is -0.464 e. The number of fused-ring (bicyclic) bond motifs is 3. The van der Waals surface area contributed by atoms with E-state index in [9.17, 15) is 14.4 Å². The first-order chi connectivity index (χ1) is 15.9. The Bertz CT molecular complexity index is 1320. The van der Waals surface area contributed by atoms with Crippen molar-refractivity contribution >= 4 is 66.5 Å². The summed E-state index contributed by atoms with van der Waals surface area (Å²) in [5.41, 5.74) is 1.17. The first-order valence-electron chi connectivity index (χ1n) is 10.2. The van der Waals surface area contributed by atoms with Crippen LogP contribution in [-0.4, -0.2) is 24.6 Å². The maximum Gasteiger partial charge on any atom is 0.345 e. The first-order valence-corrected chi connectivity index (χ1v) is 11.8. The summed E-state index contributed by atoms with van der Waals surface area (Å²) < 4.78 is 17.5. The molecule has 7 nitrogen and oxygen atoms in total. The average molecular weight is 577 g/mol. The Morgan fingerprint density at radius 3 is 2.64 bits per heavy atom. The summed E-state index contributed by atoms with van der Waals surface area (Å²) in [6, 6.07) is 11.8. The molecular weight excluding hydrogens is 558 g/mol. The van der Waals surface area contributed by atoms with Crippen molar-refractivity contribution < 1.29 is 23.5 Å². The van der Waals surface area contributed by atoms with Gasteiger partial charge in [0.1, 0.15) is 12.6 Å². The van der Waals surface area contributed by atoms with Crippen molar-refractivity contribution in [3.05, 3.63) is 78.5 Å². The van der Waals surface area contributed by atoms with Gasteiger partial charge in [0.25, 0.3) is 0 Å². The van der Waals surface area contributed by atoms with E-state index in [4.69, 9.17) is 13.9 Å². The van der Waals surface area contributed by atoms with Crippen molar-refractivity contribution in [2.45, 2.75) is 26.0 Å². The molecule has 0 saturated carbocycles. The number of hydrogen-bond acceptors (Lipinski definition) is 7. The molecule has 1 atom stereocenters. The van der Waals surface area contributed by atoms with Crippen molar-refractivity contribution in [1.29, 1.82) is 0 Å². The molecule has 1 aliphatic rings. The fourth-order valence-electron chi connectivity index (χ4n) is 3.55. The average Bonchev–Trinajstić information content (AvgIpc) is 3.01. The van der Waals surface area contributed by atoms with Crippen LogP contribution in [0, 0.1) is 0 Å². The van der Waals surface area contributed by atoms with Crippen LogP contribution in [0.3, 0.4) is 0 Å². The maximum absolute atomic E-state index is 12.9. The molecular formula is C24H19Br2NO6. The van der Waals surface area contributed by atoms with Crippen molar-refractivity contribution in [3.8, 4) is 0 Å². The van der Waals surface area contributed by atoms with Crippen LogP contribution in [-0.2, 0) is 25.7 Å². The van der Waals surface area contributed by atoms with E-state index in [0.717, 1.165) is 10.0 Å². The highest BCUT2D eigenvalue weighted by molar-refractivity contribution is 9.11. The SMILES string of the molecule is CCOC(=O)C1CC(C(=O)OCc2ccccc2)=Cc2c(c3cc(Br)cc(Br)c3oc2=O)N1. The number of hydrogen-bond donors (Lipinski definition) is 1. The lowest BCUT2D eigenvalue weighted by Crippen LogP contribution is -2.32. The second-order valence-corrected chi connectivity index (χ2v) is 9.10. The second-order valence-electron chi connectivity index (χ2n) is 7.33. The van der Waals surface area contributed by atoms with Gasteiger partial charge in [0, 0.05) is 21.9 Å². The van der Waals surface area contributed by atoms with Crippen molar-refractivity contribution in [3.63, 3.8) is 0 Å². The lowest BCUT2D eigenvalue weighted by Gasteiger charge is -2.18. The monoisotopic (exact) mass is 575 g/mol. The second kappa shape index (κ2) is 9.93. The number of nitrogens with one attached hydrogen (secondary N) is 1. The normalized spacial score (nSPS) is 15.1. The van der Waals surface area contributed by atoms with E-state index in [-0.39, 0.29) is 30.8 Å². The fourth-order valence-corrected chi connectivity index (χ4v) is 4.86. The predicted octanol–water partition coefficient (Wildman–Crippen LogP) is 5.19. The van der Waals surface area contributed by atoms with Crippen LogP contribution in [0.1, 0.15) is 24.5 Å². The number of benzene rings is 2. The van der Waals surface area contributed by atoms with Crippen molar-refractivity contribution in [1.82, 2.24) is 0 Å². The van der Waals surface area contributed by atoms with Gasteiger partial charge >= 0.3 is 17.6 Å². The van der Waals surface area contributed by atoms with Gasteiger partial charge in [-0.15, -0.1) is 0 Å². The topological polar surface area (TPSA) is 94.8 Å². The summed E-state index contributed by atoms with van der Waals surface area (Å²) in [5, 5.41) is 3.67. The van der Waals surface area contributed by atoms with Gasteiger partial charge in [-0.05, 0) is 46.6 Å². The number of carbonyl (C=O) groups excluding carboxylic acids is 2. The maximum atomic E-state index is 12.9. The van der Waals surface area contributed by atoms with Crippen molar-refractivity contribution in [2.24, 2.45) is 0 Å². The van der Waals surface area contributed by atoms with Crippen LogP contribution < -0.4 is 10.9 Å². The van der Waals surface area contributed by atoms with Crippen LogP contribution in [0.2, 0.25) is 0 Å². The molecule has 0 spiro atoms. The molecule has 0 bridgehead atoms. The molecule has 9 heteroatoms. The highest BCUT2D eigenvalue weighted by Crippen LogP contribution is 2.36. The Morgan fingerprint density at radius 2 is 1.91 bits per heavy atom. The highest BCUT2D eigenvalue weighted by atomic mass is 79.9. The Balaban J connectivity index is 1.79. The van der Waals surface area contributed by atoms with Gasteiger partial charge in [-0.1, -0.05) is 46.3 Å². The van der Waals surface area contributed by atoms with Crippen LogP contribution >= 0.6 is 31.9 Å². The zero-order valence-corrected chi connectivity index (χ0v) is 20.7. The molecule has 170 valence electrons. The molecule has 4 rings (SSSR count). The van der Waals surface area contributed by atoms with E-state index < -0.39 is 23.6 Å². The molecule has 33 heavy (non-hydrogen) atoms. The molecule has 0 fully saturated rings. The minimum atomic E-state index is -0.899. The third-order valence-electron chi connectivity index (χ3n) is 5.07. The molecule has 0 amide bonds. The van der Waals surface area contributed by atoms with Crippen molar-refractivity contribution in [2.75, 3.05) is 11.9 Å². The third-order valence-corrected chi connectivity index (χ3v) is 6.12. The number of anilines is 1. The summed E-state index contributed by atoms with van der Waals surface area (Å²) in [6.07, 6.45) is 1.41. The van der Waals surface area contributed by atoms with Gasteiger partial charge in [0.15, 0.2) is 5.58 Å². The molecule has 1 aliphatic heterocycles. The lowest BCUT2D eigenvalue weighted by molar-refractivity contribution is -0.144. The van der Waals surface area contributed by atoms with Gasteiger partial charge < -0.3 is 19.2 Å². The van der Waals surface area contributed by atoms with E-state index >= 15 is 0 Å². The Labute approximate surface area is 206 Å². The van der Waals surface area contributed by atoms with Gasteiger partial charge in [0.05, 0.1) is 22.3 Å². The number of halogens is 2. The number of ether oxygens (including phenoxy) is 2. The zero-order chi connectivity index (χ0) is 23.5. The van der Waals surface area contributed by atoms with E-state index in [0.29, 0.717) is 21.1 Å². The van der Waals surface area contributed by atoms with Gasteiger partial charge in [-0.2, -0.15) is 0 Å². The Morgan fingerprint density at radius 1 is 1.15 bits per heavy atom. The largest absolute Gasteiger partial charge is 0.464 e. The summed E-state index contributed by atoms with van der Waals surface area (Å²) in [5.74, 6) is -1.17. The lowest BCUT2D eigenvalue weighted by atomic mass is 10.1. The van der Waals surface area contributed by atoms with E-state index in [1.165, 1.54) is 6.08 Å². The Kier molecular flexibility index (Phi) is 6.99. The van der Waals surface area contributed by atoms with Gasteiger partial charge in [0.2, 0.25) is 0 Å². The molecule has 0 saturated heterocycles. The quantitative estimate of drug-likeness (QED) is 0.330. The summed E-state index contributed by atoms with van der Waals surface area (Å²) in [4.78, 5) is 38.5. The predicted molar refractivity (Wildman–Crippen MR) is 131 cm³/mol. The molecule has 3 aromatic rings. The molecule has 2 heterocycles. The van der Waals surface area contributed by atoms with Crippen LogP contribution in [0.5, 0.6) is 0 Å². The summed E-state index contributed by atoms with van der Waals surface area (Å²) in [7, 11) is 0. The van der Waals surface area contributed by atoms with Crippen LogP contribution in [0.4, 0.5) is 5.69 Å². The molecule has 0 radical (unpaired) electrons. The molecule has 2 aromatic carbocycles. The van der Waals surface area contributed by atoms with Gasteiger partial charge in [-0.25, -0.2) is 14.4 Å². The summed E-state index contributed by atoms with van der Waals surface area (Å²) in [6.45, 7) is 1.94. The minimum absolute atomic E-state index is 0.0166. The van der Waals surface area contributed by atoms with E-state index in [1.54, 1.807) is 19.1 Å². The van der Waals surface area contributed by atoms with E-state index in [1.807, 2.05) is 30.3 Å².